The summed E-state index contributed by atoms with van der Waals surface area (Å²) in [5.74, 6) is -0.839. The number of halogens is 2. The third-order valence-electron chi connectivity index (χ3n) is 4.56. The summed E-state index contributed by atoms with van der Waals surface area (Å²) >= 11 is 12.0. The normalized spacial score (nSPS) is 16.2. The molecule has 2 aromatic carbocycles. The van der Waals surface area contributed by atoms with Crippen LogP contribution in [0.15, 0.2) is 42.5 Å². The van der Waals surface area contributed by atoms with Crippen LogP contribution in [0.1, 0.15) is 12.0 Å². The van der Waals surface area contributed by atoms with Gasteiger partial charge in [0.15, 0.2) is 0 Å². The maximum Gasteiger partial charge on any atom is 0.322 e. The number of nitrogens with one attached hydrogen (secondary N) is 3. The van der Waals surface area contributed by atoms with E-state index >= 15 is 0 Å². The number of anilines is 2. The van der Waals surface area contributed by atoms with E-state index in [0.29, 0.717) is 34.5 Å². The lowest BCUT2D eigenvalue weighted by molar-refractivity contribution is -0.130. The number of piperazine rings is 1. The van der Waals surface area contributed by atoms with Gasteiger partial charge in [-0.2, -0.15) is 0 Å². The summed E-state index contributed by atoms with van der Waals surface area (Å²) in [6, 6.07) is 10.6. The van der Waals surface area contributed by atoms with Gasteiger partial charge >= 0.3 is 6.03 Å². The molecule has 2 aromatic rings. The van der Waals surface area contributed by atoms with Crippen LogP contribution in [-0.2, 0) is 9.59 Å². The molecule has 9 heteroatoms. The van der Waals surface area contributed by atoms with Gasteiger partial charge in [-0.05, 0) is 36.8 Å². The van der Waals surface area contributed by atoms with E-state index in [4.69, 9.17) is 23.2 Å². The predicted molar refractivity (Wildman–Crippen MR) is 113 cm³/mol. The van der Waals surface area contributed by atoms with Gasteiger partial charge in [0.25, 0.3) is 0 Å². The molecule has 0 radical (unpaired) electrons. The Hall–Kier alpha value is -2.77. The Balaban J connectivity index is 1.71. The van der Waals surface area contributed by atoms with Crippen LogP contribution in [0.4, 0.5) is 16.2 Å². The van der Waals surface area contributed by atoms with Crippen LogP contribution < -0.4 is 16.0 Å². The first-order valence-corrected chi connectivity index (χ1v) is 9.76. The predicted octanol–water partition coefficient (Wildman–Crippen LogP) is 3.66. The molecule has 1 fully saturated rings. The van der Waals surface area contributed by atoms with Gasteiger partial charge in [0.1, 0.15) is 6.04 Å². The quantitative estimate of drug-likeness (QED) is 0.685. The first-order chi connectivity index (χ1) is 13.8. The molecule has 7 nitrogen and oxygen atoms in total. The second-order valence-electron chi connectivity index (χ2n) is 6.62. The summed E-state index contributed by atoms with van der Waals surface area (Å²) in [6.45, 7) is 2.48. The standard InChI is InChI=1S/C20H20Cl2N4O3/c1-12-4-2-3-5-15(12)25-20(29)26-9-8-23-19(28)17(26)11-18(27)24-16-10-13(21)6-7-14(16)22/h2-7,10,17H,8-9,11H2,1H3,(H,23,28)(H,24,27)(H,25,29)/t17-/m0/s1. The monoisotopic (exact) mass is 434 g/mol. The summed E-state index contributed by atoms with van der Waals surface area (Å²) in [7, 11) is 0. The van der Waals surface area contributed by atoms with Crippen molar-refractivity contribution in [3.05, 3.63) is 58.1 Å². The molecule has 29 heavy (non-hydrogen) atoms. The fraction of sp³-hybridized carbons (Fsp3) is 0.250. The van der Waals surface area contributed by atoms with Gasteiger partial charge in [-0.3, -0.25) is 9.59 Å². The second kappa shape index (κ2) is 9.15. The van der Waals surface area contributed by atoms with Crippen LogP contribution in [0.3, 0.4) is 0 Å². The summed E-state index contributed by atoms with van der Waals surface area (Å²) in [5, 5.41) is 8.88. The van der Waals surface area contributed by atoms with Crippen molar-refractivity contribution < 1.29 is 14.4 Å². The third kappa shape index (κ3) is 5.19. The summed E-state index contributed by atoms with van der Waals surface area (Å²) in [4.78, 5) is 39.0. The number of urea groups is 1. The summed E-state index contributed by atoms with van der Waals surface area (Å²) in [6.07, 6.45) is -0.212. The molecule has 0 bridgehead atoms. The third-order valence-corrected chi connectivity index (χ3v) is 5.12. The number of carbonyl (C=O) groups excluding carboxylic acids is 3. The van der Waals surface area contributed by atoms with Gasteiger partial charge in [-0.25, -0.2) is 4.79 Å². The van der Waals surface area contributed by atoms with Crippen molar-refractivity contribution in [2.75, 3.05) is 23.7 Å². The first kappa shape index (κ1) is 21.0. The molecule has 3 rings (SSSR count). The van der Waals surface area contributed by atoms with E-state index in [0.717, 1.165) is 5.56 Å². The zero-order valence-electron chi connectivity index (χ0n) is 15.7. The molecule has 0 unspecified atom stereocenters. The molecule has 152 valence electrons. The lowest BCUT2D eigenvalue weighted by Gasteiger charge is -2.34. The van der Waals surface area contributed by atoms with E-state index in [1.165, 1.54) is 11.0 Å². The molecule has 0 aliphatic carbocycles. The maximum atomic E-state index is 12.8. The van der Waals surface area contributed by atoms with Crippen molar-refractivity contribution >= 4 is 52.4 Å². The fourth-order valence-electron chi connectivity index (χ4n) is 3.03. The Kier molecular flexibility index (Phi) is 6.61. The summed E-state index contributed by atoms with van der Waals surface area (Å²) < 4.78 is 0. The highest BCUT2D eigenvalue weighted by Crippen LogP contribution is 2.26. The largest absolute Gasteiger partial charge is 0.353 e. The van der Waals surface area contributed by atoms with Crippen LogP contribution in [0, 0.1) is 6.92 Å². The number of aryl methyl sites for hydroxylation is 1. The SMILES string of the molecule is Cc1ccccc1NC(=O)N1CCNC(=O)[C@@H]1CC(=O)Nc1cc(Cl)ccc1Cl. The molecule has 0 saturated carbocycles. The van der Waals surface area contributed by atoms with Crippen molar-refractivity contribution in [1.82, 2.24) is 10.2 Å². The molecule has 0 aromatic heterocycles. The zero-order valence-corrected chi connectivity index (χ0v) is 17.2. The Bertz CT molecular complexity index is 951. The lowest BCUT2D eigenvalue weighted by atomic mass is 10.1. The van der Waals surface area contributed by atoms with E-state index in [-0.39, 0.29) is 12.3 Å². The Morgan fingerprint density at radius 3 is 2.66 bits per heavy atom. The van der Waals surface area contributed by atoms with Crippen molar-refractivity contribution in [3.8, 4) is 0 Å². The van der Waals surface area contributed by atoms with Gasteiger partial charge in [0.2, 0.25) is 11.8 Å². The molecular formula is C20H20Cl2N4O3. The van der Waals surface area contributed by atoms with Crippen LogP contribution in [0.2, 0.25) is 10.0 Å². The molecule has 4 amide bonds. The number of hydrogen-bond donors (Lipinski definition) is 3. The molecular weight excluding hydrogens is 415 g/mol. The minimum atomic E-state index is -0.939. The Labute approximate surface area is 178 Å². The van der Waals surface area contributed by atoms with Crippen LogP contribution >= 0.6 is 23.2 Å². The van der Waals surface area contributed by atoms with Gasteiger partial charge in [0.05, 0.1) is 17.1 Å². The van der Waals surface area contributed by atoms with E-state index in [1.54, 1.807) is 18.2 Å². The molecule has 1 heterocycles. The second-order valence-corrected chi connectivity index (χ2v) is 7.47. The minimum Gasteiger partial charge on any atom is -0.353 e. The molecule has 0 spiro atoms. The Morgan fingerprint density at radius 2 is 1.90 bits per heavy atom. The lowest BCUT2D eigenvalue weighted by Crippen LogP contribution is -2.59. The minimum absolute atomic E-state index is 0.212. The number of rotatable bonds is 4. The number of benzene rings is 2. The highest BCUT2D eigenvalue weighted by Gasteiger charge is 2.35. The van der Waals surface area contributed by atoms with Crippen LogP contribution in [0.5, 0.6) is 0 Å². The number of carbonyl (C=O) groups is 3. The summed E-state index contributed by atoms with van der Waals surface area (Å²) in [5.41, 5.74) is 1.89. The topological polar surface area (TPSA) is 90.5 Å². The van der Waals surface area contributed by atoms with Gasteiger partial charge in [-0.15, -0.1) is 0 Å². The van der Waals surface area contributed by atoms with E-state index < -0.39 is 18.0 Å². The number of nitrogens with zero attached hydrogens (tertiary/aromatic N) is 1. The maximum absolute atomic E-state index is 12.8. The number of hydrogen-bond acceptors (Lipinski definition) is 3. The molecule has 1 aliphatic rings. The highest BCUT2D eigenvalue weighted by atomic mass is 35.5. The van der Waals surface area contributed by atoms with Crippen LogP contribution in [0.25, 0.3) is 0 Å². The van der Waals surface area contributed by atoms with Crippen LogP contribution in [-0.4, -0.2) is 41.9 Å². The van der Waals surface area contributed by atoms with Crippen molar-refractivity contribution in [2.24, 2.45) is 0 Å². The average Bonchev–Trinajstić information content (AvgIpc) is 2.68. The smallest absolute Gasteiger partial charge is 0.322 e. The molecule has 1 aliphatic heterocycles. The molecule has 1 saturated heterocycles. The van der Waals surface area contributed by atoms with E-state index in [2.05, 4.69) is 16.0 Å². The number of amides is 4. The van der Waals surface area contributed by atoms with Gasteiger partial charge in [-0.1, -0.05) is 41.4 Å². The van der Waals surface area contributed by atoms with Crippen molar-refractivity contribution in [2.45, 2.75) is 19.4 Å². The number of para-hydroxylation sites is 1. The Morgan fingerprint density at radius 1 is 1.14 bits per heavy atom. The van der Waals surface area contributed by atoms with E-state index in [9.17, 15) is 14.4 Å². The van der Waals surface area contributed by atoms with E-state index in [1.807, 2.05) is 25.1 Å². The first-order valence-electron chi connectivity index (χ1n) is 9.01. The van der Waals surface area contributed by atoms with Gasteiger partial charge < -0.3 is 20.9 Å². The molecule has 3 N–H and O–H groups in total. The molecule has 1 atom stereocenters. The van der Waals surface area contributed by atoms with Crippen molar-refractivity contribution in [3.63, 3.8) is 0 Å². The zero-order chi connectivity index (χ0) is 21.0. The average molecular weight is 435 g/mol. The van der Waals surface area contributed by atoms with Crippen molar-refractivity contribution in [1.29, 1.82) is 0 Å². The highest BCUT2D eigenvalue weighted by molar-refractivity contribution is 6.35. The fourth-order valence-corrected chi connectivity index (χ4v) is 3.37. The van der Waals surface area contributed by atoms with Gasteiger partial charge in [0, 0.05) is 23.8 Å².